The lowest BCUT2D eigenvalue weighted by Gasteiger charge is -2.16. The van der Waals surface area contributed by atoms with E-state index in [1.165, 1.54) is 34.4 Å². The zero-order chi connectivity index (χ0) is 22.4. The largest absolute Gasteiger partial charge is 0.473 e. The predicted octanol–water partition coefficient (Wildman–Crippen LogP) is -0.364. The fourth-order valence-electron chi connectivity index (χ4n) is 2.23. The van der Waals surface area contributed by atoms with Crippen LogP contribution in [0.5, 0.6) is 0 Å². The van der Waals surface area contributed by atoms with Gasteiger partial charge in [0.2, 0.25) is 0 Å². The van der Waals surface area contributed by atoms with Gasteiger partial charge in [-0.1, -0.05) is 0 Å². The summed E-state index contributed by atoms with van der Waals surface area (Å²) in [5.41, 5.74) is -0.918. The normalized spacial score (nSPS) is 22.2. The number of aromatic amines is 1. The lowest BCUT2D eigenvalue weighted by Crippen LogP contribution is -2.33. The molecular formula is C13H24N2O12P2. The third kappa shape index (κ3) is 7.87. The molecule has 0 unspecified atom stereocenters. The van der Waals surface area contributed by atoms with Crippen LogP contribution in [-0.4, -0.2) is 64.6 Å². The number of nitrogens with one attached hydrogen (secondary N) is 1. The lowest BCUT2D eigenvalue weighted by molar-refractivity contribution is -0.0451. The summed E-state index contributed by atoms with van der Waals surface area (Å²) in [6.07, 6.45) is -1.57. The molecule has 4 N–H and O–H groups in total. The van der Waals surface area contributed by atoms with Crippen LogP contribution < -0.4 is 11.2 Å². The van der Waals surface area contributed by atoms with E-state index < -0.39 is 51.9 Å². The van der Waals surface area contributed by atoms with Crippen molar-refractivity contribution in [2.24, 2.45) is 0 Å². The molecule has 0 aromatic carbocycles. The molecule has 0 bridgehead atoms. The van der Waals surface area contributed by atoms with E-state index in [1.807, 2.05) is 0 Å². The molecule has 16 heteroatoms. The summed E-state index contributed by atoms with van der Waals surface area (Å²) in [5, 5.41) is 9.79. The maximum absolute atomic E-state index is 11.7. The van der Waals surface area contributed by atoms with Gasteiger partial charge in [0.05, 0.1) is 12.7 Å². The molecule has 0 amide bonds. The van der Waals surface area contributed by atoms with Gasteiger partial charge in [0, 0.05) is 39.5 Å². The highest BCUT2D eigenvalue weighted by Crippen LogP contribution is 2.46. The lowest BCUT2D eigenvalue weighted by atomic mass is 10.2. The molecule has 0 radical (unpaired) electrons. The first-order valence-electron chi connectivity index (χ1n) is 7.98. The first-order valence-corrected chi connectivity index (χ1v) is 11.0. The summed E-state index contributed by atoms with van der Waals surface area (Å²) < 4.78 is 45.1. The average Bonchev–Trinajstić information content (AvgIpc) is 3.03. The van der Waals surface area contributed by atoms with Crippen molar-refractivity contribution in [3.05, 3.63) is 32.6 Å². The summed E-state index contributed by atoms with van der Waals surface area (Å²) in [6, 6.07) is 0. The van der Waals surface area contributed by atoms with Gasteiger partial charge in [0.25, 0.3) is 5.56 Å². The molecule has 0 spiro atoms. The first kappa shape index (κ1) is 25.9. The summed E-state index contributed by atoms with van der Waals surface area (Å²) in [7, 11) is -4.06. The molecule has 1 aliphatic heterocycles. The Bertz CT molecular complexity index is 858. The second-order valence-corrected chi connectivity index (χ2v) is 8.92. The zero-order valence-electron chi connectivity index (χ0n) is 16.1. The van der Waals surface area contributed by atoms with E-state index in [0.717, 1.165) is 4.57 Å². The van der Waals surface area contributed by atoms with E-state index >= 15 is 0 Å². The van der Waals surface area contributed by atoms with Crippen molar-refractivity contribution in [2.45, 2.75) is 31.8 Å². The molecular weight excluding hydrogens is 438 g/mol. The van der Waals surface area contributed by atoms with E-state index in [-0.39, 0.29) is 6.42 Å². The highest BCUT2D eigenvalue weighted by molar-refractivity contribution is 7.48. The van der Waals surface area contributed by atoms with Gasteiger partial charge < -0.3 is 19.6 Å². The van der Waals surface area contributed by atoms with Gasteiger partial charge in [-0.15, -0.1) is 0 Å². The quantitative estimate of drug-likeness (QED) is 0.385. The molecule has 29 heavy (non-hydrogen) atoms. The number of nitrogens with zero attached hydrogens (tertiary/aromatic N) is 1. The van der Waals surface area contributed by atoms with Crippen LogP contribution in [0.15, 0.2) is 15.8 Å². The van der Waals surface area contributed by atoms with Crippen LogP contribution in [0, 0.1) is 6.92 Å². The van der Waals surface area contributed by atoms with Crippen molar-refractivity contribution in [1.29, 1.82) is 0 Å². The van der Waals surface area contributed by atoms with Crippen LogP contribution in [-0.2, 0) is 32.0 Å². The van der Waals surface area contributed by atoms with Gasteiger partial charge in [-0.05, 0) is 6.92 Å². The molecule has 1 aliphatic rings. The van der Waals surface area contributed by atoms with Crippen LogP contribution in [0.2, 0.25) is 0 Å². The van der Waals surface area contributed by atoms with E-state index in [4.69, 9.17) is 14.5 Å². The number of aromatic nitrogens is 2. The van der Waals surface area contributed by atoms with Crippen LogP contribution in [0.1, 0.15) is 18.2 Å². The number of hydrogen-bond donors (Lipinski definition) is 4. The smallest absolute Gasteiger partial charge is 0.390 e. The maximum Gasteiger partial charge on any atom is 0.473 e. The molecule has 0 aliphatic carbocycles. The molecule has 168 valence electrons. The number of ether oxygens (including phenoxy) is 1. The van der Waals surface area contributed by atoms with Gasteiger partial charge in [-0.3, -0.25) is 32.4 Å². The summed E-state index contributed by atoms with van der Waals surface area (Å²) >= 11 is 0. The van der Waals surface area contributed by atoms with E-state index in [1.54, 1.807) is 0 Å². The fraction of sp³-hybridized carbons (Fsp3) is 0.692. The average molecular weight is 462 g/mol. The van der Waals surface area contributed by atoms with Crippen molar-refractivity contribution < 1.29 is 46.9 Å². The Labute approximate surface area is 165 Å². The van der Waals surface area contributed by atoms with Crippen molar-refractivity contribution in [3.8, 4) is 0 Å². The number of aliphatic hydroxyl groups excluding tert-OH is 1. The summed E-state index contributed by atoms with van der Waals surface area (Å²) in [4.78, 5) is 42.3. The highest BCUT2D eigenvalue weighted by Gasteiger charge is 2.37. The highest BCUT2D eigenvalue weighted by atomic mass is 31.2. The molecule has 2 rings (SSSR count). The van der Waals surface area contributed by atoms with Crippen molar-refractivity contribution >= 4 is 15.6 Å². The van der Waals surface area contributed by atoms with Gasteiger partial charge in [0.15, 0.2) is 0 Å². The van der Waals surface area contributed by atoms with Crippen LogP contribution >= 0.6 is 15.6 Å². The number of hydrogen-bond acceptors (Lipinski definition) is 10. The monoisotopic (exact) mass is 462 g/mol. The van der Waals surface area contributed by atoms with Gasteiger partial charge in [0.1, 0.15) is 12.3 Å². The van der Waals surface area contributed by atoms with Crippen molar-refractivity contribution in [2.75, 3.05) is 27.9 Å². The fourth-order valence-corrected chi connectivity index (χ4v) is 3.02. The van der Waals surface area contributed by atoms with Crippen LogP contribution in [0.25, 0.3) is 0 Å². The Morgan fingerprint density at radius 3 is 2.21 bits per heavy atom. The van der Waals surface area contributed by atoms with Gasteiger partial charge >= 0.3 is 21.3 Å². The zero-order valence-corrected chi connectivity index (χ0v) is 17.9. The van der Waals surface area contributed by atoms with Gasteiger partial charge in [-0.2, -0.15) is 0 Å². The second-order valence-electron chi connectivity index (χ2n) is 5.69. The number of H-pyrrole nitrogens is 1. The molecule has 1 aromatic heterocycles. The topological polar surface area (TPSA) is 196 Å². The molecule has 0 saturated carbocycles. The SMILES string of the molecule is COP(=O)(OC)OC.Cc1cn([C@H]2C[C@H](O)[C@@H](COP(=O)(O)O)O2)c(=O)[nH]c1=O. The molecule has 1 aromatic rings. The summed E-state index contributed by atoms with van der Waals surface area (Å²) in [6.45, 7) is 0.994. The minimum Gasteiger partial charge on any atom is -0.390 e. The van der Waals surface area contributed by atoms with E-state index in [2.05, 4.69) is 23.1 Å². The molecule has 1 saturated heterocycles. The Morgan fingerprint density at radius 1 is 1.21 bits per heavy atom. The number of aryl methyl sites for hydroxylation is 1. The third-order valence-electron chi connectivity index (χ3n) is 3.74. The Kier molecular flexibility index (Phi) is 9.57. The number of phosphoric ester groups is 2. The van der Waals surface area contributed by atoms with Gasteiger partial charge in [-0.25, -0.2) is 13.9 Å². The van der Waals surface area contributed by atoms with Crippen LogP contribution in [0.4, 0.5) is 0 Å². The van der Waals surface area contributed by atoms with E-state index in [9.17, 15) is 23.8 Å². The number of phosphoric acid groups is 2. The molecule has 2 heterocycles. The third-order valence-corrected chi connectivity index (χ3v) is 5.57. The standard InChI is InChI=1S/C10H15N2O8P.C3H9O4P/c1-5-3-12(10(15)11-9(5)14)8-2-6(13)7(20-8)4-19-21(16,17)18;1-5-8(4,6-2)7-3/h3,6-8,13H,2,4H2,1H3,(H,11,14,15)(H2,16,17,18);1-3H3/t6-,7+,8+;/m0./s1. The Morgan fingerprint density at radius 2 is 1.76 bits per heavy atom. The predicted molar refractivity (Wildman–Crippen MR) is 97.2 cm³/mol. The second kappa shape index (κ2) is 10.7. The molecule has 1 fully saturated rings. The molecule has 14 nitrogen and oxygen atoms in total. The Balaban J connectivity index is 0.000000447. The van der Waals surface area contributed by atoms with Crippen molar-refractivity contribution in [3.63, 3.8) is 0 Å². The number of rotatable bonds is 7. The van der Waals surface area contributed by atoms with Crippen molar-refractivity contribution in [1.82, 2.24) is 9.55 Å². The number of aliphatic hydroxyl groups is 1. The molecule has 3 atom stereocenters. The van der Waals surface area contributed by atoms with Crippen LogP contribution in [0.3, 0.4) is 0 Å². The van der Waals surface area contributed by atoms with E-state index in [0.29, 0.717) is 5.56 Å². The minimum atomic E-state index is -4.67. The summed E-state index contributed by atoms with van der Waals surface area (Å²) in [5.74, 6) is 0. The minimum absolute atomic E-state index is 0.0283. The Hall–Kier alpha value is -1.18. The maximum atomic E-state index is 11.7. The first-order chi connectivity index (χ1) is 13.4.